The summed E-state index contributed by atoms with van der Waals surface area (Å²) in [6.07, 6.45) is 4.13. The molecule has 1 aromatic rings. The third-order valence-corrected chi connectivity index (χ3v) is 6.50. The Morgan fingerprint density at radius 2 is 1.61 bits per heavy atom. The van der Waals surface area contributed by atoms with Gasteiger partial charge in [0.05, 0.1) is 0 Å². The average Bonchev–Trinajstić information content (AvgIpc) is 2.81. The van der Waals surface area contributed by atoms with E-state index in [4.69, 9.17) is 9.47 Å². The fraction of sp³-hybridized carbons (Fsp3) is 0.640. The second-order valence-corrected chi connectivity index (χ2v) is 11.2. The van der Waals surface area contributed by atoms with Crippen LogP contribution in [-0.4, -0.2) is 17.0 Å². The van der Waals surface area contributed by atoms with E-state index in [-0.39, 0.29) is 22.0 Å². The van der Waals surface area contributed by atoms with Gasteiger partial charge in [0.1, 0.15) is 22.7 Å². The molecule has 0 saturated heterocycles. The lowest BCUT2D eigenvalue weighted by Crippen LogP contribution is -2.32. The highest BCUT2D eigenvalue weighted by Crippen LogP contribution is 2.65. The molecular formula is C25H36O3. The first kappa shape index (κ1) is 21.0. The van der Waals surface area contributed by atoms with Gasteiger partial charge < -0.3 is 9.47 Å². The molecule has 3 rings (SSSR count). The van der Waals surface area contributed by atoms with Gasteiger partial charge in [-0.15, -0.1) is 0 Å². The topological polar surface area (TPSA) is 35.5 Å². The van der Waals surface area contributed by atoms with E-state index in [9.17, 15) is 4.79 Å². The standard InChI is InChI=1S/C25H36O3/c1-22(2,3)27-17-10-11-20(28-23(4,5)6)16(14-17)15-18-19-12-13-25(9,21(18)26)24(19,7)8/h10-11,14-15,19H,12-13H2,1-9H3. The summed E-state index contributed by atoms with van der Waals surface area (Å²) in [4.78, 5) is 13.3. The van der Waals surface area contributed by atoms with E-state index in [0.717, 1.165) is 35.5 Å². The summed E-state index contributed by atoms with van der Waals surface area (Å²) >= 11 is 0. The lowest BCUT2D eigenvalue weighted by molar-refractivity contribution is -0.125. The Bertz CT molecular complexity index is 817. The smallest absolute Gasteiger partial charge is 0.165 e. The van der Waals surface area contributed by atoms with Crippen LogP contribution in [0.3, 0.4) is 0 Å². The molecule has 2 aliphatic carbocycles. The van der Waals surface area contributed by atoms with E-state index in [2.05, 4.69) is 26.8 Å². The zero-order chi connectivity index (χ0) is 21.1. The van der Waals surface area contributed by atoms with Crippen molar-refractivity contribution in [3.05, 3.63) is 29.3 Å². The first-order chi connectivity index (χ1) is 12.6. The highest BCUT2D eigenvalue weighted by Gasteiger charge is 2.63. The predicted octanol–water partition coefficient (Wildman–Crippen LogP) is 6.45. The van der Waals surface area contributed by atoms with Crippen LogP contribution in [0.5, 0.6) is 11.5 Å². The van der Waals surface area contributed by atoms with Crippen molar-refractivity contribution in [3.8, 4) is 11.5 Å². The van der Waals surface area contributed by atoms with Gasteiger partial charge in [0.2, 0.25) is 0 Å². The monoisotopic (exact) mass is 384 g/mol. The van der Waals surface area contributed by atoms with Crippen LogP contribution < -0.4 is 9.47 Å². The SMILES string of the molecule is CC(C)(C)Oc1ccc(OC(C)(C)C)c(C=C2C(=O)C3(C)CCC2C3(C)C)c1. The molecule has 2 unspecified atom stereocenters. The van der Waals surface area contributed by atoms with Gasteiger partial charge >= 0.3 is 0 Å². The summed E-state index contributed by atoms with van der Waals surface area (Å²) in [5.74, 6) is 2.19. The van der Waals surface area contributed by atoms with E-state index in [1.54, 1.807) is 0 Å². The molecule has 3 nitrogen and oxygen atoms in total. The van der Waals surface area contributed by atoms with Gasteiger partial charge in [-0.3, -0.25) is 4.79 Å². The summed E-state index contributed by atoms with van der Waals surface area (Å²) in [6.45, 7) is 18.9. The van der Waals surface area contributed by atoms with Crippen molar-refractivity contribution < 1.29 is 14.3 Å². The fourth-order valence-electron chi connectivity index (χ4n) is 4.74. The molecule has 3 heteroatoms. The molecule has 0 radical (unpaired) electrons. The molecule has 2 aliphatic rings. The number of hydrogen-bond acceptors (Lipinski definition) is 3. The van der Waals surface area contributed by atoms with Gasteiger partial charge in [0.25, 0.3) is 0 Å². The fourth-order valence-corrected chi connectivity index (χ4v) is 4.74. The van der Waals surface area contributed by atoms with Crippen molar-refractivity contribution in [1.29, 1.82) is 0 Å². The van der Waals surface area contributed by atoms with Crippen LogP contribution >= 0.6 is 0 Å². The Balaban J connectivity index is 2.07. The average molecular weight is 385 g/mol. The number of fused-ring (bicyclic) bond motifs is 2. The van der Waals surface area contributed by atoms with Gasteiger partial charge in [-0.05, 0) is 90.0 Å². The minimum absolute atomic E-state index is 0.000480. The Labute approximate surface area is 170 Å². The third kappa shape index (κ3) is 3.60. The largest absolute Gasteiger partial charge is 0.488 e. The molecule has 2 atom stereocenters. The van der Waals surface area contributed by atoms with Gasteiger partial charge in [0.15, 0.2) is 5.78 Å². The molecule has 0 aliphatic heterocycles. The number of allylic oxidation sites excluding steroid dienone is 1. The van der Waals surface area contributed by atoms with Gasteiger partial charge in [-0.25, -0.2) is 0 Å². The zero-order valence-corrected chi connectivity index (χ0v) is 19.0. The number of Topliss-reactive ketones (excluding diaryl/α,β-unsaturated/α-hetero) is 1. The maximum absolute atomic E-state index is 13.3. The van der Waals surface area contributed by atoms with Crippen molar-refractivity contribution in [2.75, 3.05) is 0 Å². The lowest BCUT2D eigenvalue weighted by Gasteiger charge is -2.31. The molecule has 0 N–H and O–H groups in total. The van der Waals surface area contributed by atoms with Crippen molar-refractivity contribution in [2.45, 2.75) is 86.4 Å². The minimum Gasteiger partial charge on any atom is -0.488 e. The molecule has 2 saturated carbocycles. The molecule has 0 aromatic heterocycles. The van der Waals surface area contributed by atoms with E-state index >= 15 is 0 Å². The summed E-state index contributed by atoms with van der Waals surface area (Å²) in [5.41, 5.74) is 1.02. The second-order valence-electron chi connectivity index (χ2n) is 11.2. The maximum Gasteiger partial charge on any atom is 0.165 e. The number of benzene rings is 1. The molecule has 0 heterocycles. The maximum atomic E-state index is 13.3. The summed E-state index contributed by atoms with van der Waals surface area (Å²) in [6, 6.07) is 5.92. The first-order valence-electron chi connectivity index (χ1n) is 10.4. The van der Waals surface area contributed by atoms with Crippen molar-refractivity contribution in [3.63, 3.8) is 0 Å². The number of hydrogen-bond donors (Lipinski definition) is 0. The number of carbonyl (C=O) groups is 1. The number of ether oxygens (including phenoxy) is 2. The molecule has 28 heavy (non-hydrogen) atoms. The summed E-state index contributed by atoms with van der Waals surface area (Å²) in [5, 5.41) is 0. The summed E-state index contributed by atoms with van der Waals surface area (Å²) in [7, 11) is 0. The van der Waals surface area contributed by atoms with E-state index in [0.29, 0.717) is 11.7 Å². The van der Waals surface area contributed by atoms with Crippen LogP contribution in [-0.2, 0) is 4.79 Å². The highest BCUT2D eigenvalue weighted by atomic mass is 16.5. The number of ketones is 1. The third-order valence-electron chi connectivity index (χ3n) is 6.50. The Morgan fingerprint density at radius 1 is 1.00 bits per heavy atom. The molecule has 154 valence electrons. The van der Waals surface area contributed by atoms with Crippen LogP contribution in [0, 0.1) is 16.7 Å². The minimum atomic E-state index is -0.316. The van der Waals surface area contributed by atoms with Gasteiger partial charge in [-0.1, -0.05) is 20.8 Å². The van der Waals surface area contributed by atoms with Crippen LogP contribution in [0.4, 0.5) is 0 Å². The van der Waals surface area contributed by atoms with Crippen molar-refractivity contribution in [2.24, 2.45) is 16.7 Å². The van der Waals surface area contributed by atoms with Crippen molar-refractivity contribution in [1.82, 2.24) is 0 Å². The quantitative estimate of drug-likeness (QED) is 0.562. The van der Waals surface area contributed by atoms with Crippen LogP contribution in [0.15, 0.2) is 23.8 Å². The van der Waals surface area contributed by atoms with E-state index < -0.39 is 0 Å². The lowest BCUT2D eigenvalue weighted by atomic mass is 9.70. The normalized spacial score (nSPS) is 28.1. The predicted molar refractivity (Wildman–Crippen MR) is 115 cm³/mol. The highest BCUT2D eigenvalue weighted by molar-refractivity contribution is 6.08. The van der Waals surface area contributed by atoms with Crippen LogP contribution in [0.1, 0.15) is 80.7 Å². The van der Waals surface area contributed by atoms with Crippen molar-refractivity contribution >= 4 is 11.9 Å². The Morgan fingerprint density at radius 3 is 2.11 bits per heavy atom. The molecule has 0 spiro atoms. The molecular weight excluding hydrogens is 348 g/mol. The molecule has 0 amide bonds. The first-order valence-corrected chi connectivity index (χ1v) is 10.4. The number of rotatable bonds is 3. The van der Waals surface area contributed by atoms with E-state index in [1.165, 1.54) is 0 Å². The molecule has 2 bridgehead atoms. The summed E-state index contributed by atoms with van der Waals surface area (Å²) < 4.78 is 12.3. The number of carbonyl (C=O) groups excluding carboxylic acids is 1. The van der Waals surface area contributed by atoms with Crippen LogP contribution in [0.25, 0.3) is 6.08 Å². The molecule has 1 aromatic carbocycles. The zero-order valence-electron chi connectivity index (χ0n) is 19.0. The van der Waals surface area contributed by atoms with Gasteiger partial charge in [-0.2, -0.15) is 0 Å². The Hall–Kier alpha value is -1.77. The van der Waals surface area contributed by atoms with Gasteiger partial charge in [0, 0.05) is 16.6 Å². The molecule has 2 fully saturated rings. The Kier molecular flexibility index (Phi) is 4.76. The van der Waals surface area contributed by atoms with E-state index in [1.807, 2.05) is 59.7 Å². The second kappa shape index (κ2) is 6.37. The van der Waals surface area contributed by atoms with Crippen LogP contribution in [0.2, 0.25) is 0 Å².